The zero-order valence-electron chi connectivity index (χ0n) is 12.8. The van der Waals surface area contributed by atoms with Gasteiger partial charge >= 0.3 is 5.69 Å². The third-order valence-electron chi connectivity index (χ3n) is 4.11. The summed E-state index contributed by atoms with van der Waals surface area (Å²) < 4.78 is 0. The molecule has 4 rings (SSSR count). The minimum absolute atomic E-state index is 0.195. The van der Waals surface area contributed by atoms with Crippen LogP contribution in [0.2, 0.25) is 5.02 Å². The summed E-state index contributed by atoms with van der Waals surface area (Å²) in [5.74, 6) is 0. The molecule has 0 unspecified atom stereocenters. The standard InChI is InChI=1S/C20H15ClN2O/c21-16-8-4-7-14(10-16)17-12-19-18(22-20(24)23-19)11-15(17)9-13-5-2-1-3-6-13/h1-8,10-12H,9H2,(H2,22,23,24). The van der Waals surface area contributed by atoms with Crippen molar-refractivity contribution in [2.75, 3.05) is 0 Å². The Labute approximate surface area is 143 Å². The van der Waals surface area contributed by atoms with Gasteiger partial charge in [0.1, 0.15) is 0 Å². The Morgan fingerprint density at radius 2 is 1.58 bits per heavy atom. The molecular formula is C20H15ClN2O. The number of nitrogens with one attached hydrogen (secondary N) is 2. The molecule has 0 saturated carbocycles. The molecule has 4 heteroatoms. The van der Waals surface area contributed by atoms with Crippen molar-refractivity contribution in [2.24, 2.45) is 0 Å². The van der Waals surface area contributed by atoms with Gasteiger partial charge in [-0.3, -0.25) is 0 Å². The number of rotatable bonds is 3. The van der Waals surface area contributed by atoms with Crippen LogP contribution in [0.4, 0.5) is 0 Å². The summed E-state index contributed by atoms with van der Waals surface area (Å²) in [5.41, 5.74) is 5.90. The van der Waals surface area contributed by atoms with E-state index < -0.39 is 0 Å². The van der Waals surface area contributed by atoms with Gasteiger partial charge in [-0.1, -0.05) is 54.1 Å². The Kier molecular flexibility index (Phi) is 3.71. The average Bonchev–Trinajstić information content (AvgIpc) is 2.94. The monoisotopic (exact) mass is 334 g/mol. The van der Waals surface area contributed by atoms with Crippen molar-refractivity contribution >= 4 is 22.6 Å². The number of fused-ring (bicyclic) bond motifs is 1. The van der Waals surface area contributed by atoms with Crippen LogP contribution in [-0.2, 0) is 6.42 Å². The highest BCUT2D eigenvalue weighted by molar-refractivity contribution is 6.30. The Balaban J connectivity index is 1.91. The lowest BCUT2D eigenvalue weighted by Gasteiger charge is -2.11. The van der Waals surface area contributed by atoms with Crippen LogP contribution in [0.15, 0.2) is 71.5 Å². The molecular weight excluding hydrogens is 320 g/mol. The van der Waals surface area contributed by atoms with E-state index in [4.69, 9.17) is 11.6 Å². The van der Waals surface area contributed by atoms with Crippen LogP contribution in [0.1, 0.15) is 11.1 Å². The van der Waals surface area contributed by atoms with Gasteiger partial charge in [-0.2, -0.15) is 0 Å². The van der Waals surface area contributed by atoms with E-state index in [0.717, 1.165) is 34.1 Å². The Morgan fingerprint density at radius 3 is 2.33 bits per heavy atom. The van der Waals surface area contributed by atoms with Crippen molar-refractivity contribution in [1.82, 2.24) is 9.97 Å². The predicted molar refractivity (Wildman–Crippen MR) is 98.6 cm³/mol. The second-order valence-corrected chi connectivity index (χ2v) is 6.24. The first kappa shape index (κ1) is 14.8. The number of aromatic nitrogens is 2. The van der Waals surface area contributed by atoms with Crippen LogP contribution in [0.25, 0.3) is 22.2 Å². The summed E-state index contributed by atoms with van der Waals surface area (Å²) in [6.07, 6.45) is 0.784. The molecule has 3 aromatic carbocycles. The maximum absolute atomic E-state index is 11.6. The molecule has 118 valence electrons. The number of H-pyrrole nitrogens is 2. The molecule has 0 bridgehead atoms. The second-order valence-electron chi connectivity index (χ2n) is 5.81. The fraction of sp³-hybridized carbons (Fsp3) is 0.0500. The molecule has 24 heavy (non-hydrogen) atoms. The van der Waals surface area contributed by atoms with Crippen molar-refractivity contribution in [3.05, 3.63) is 93.4 Å². The topological polar surface area (TPSA) is 48.6 Å². The number of benzene rings is 3. The molecule has 1 heterocycles. The van der Waals surface area contributed by atoms with Crippen molar-refractivity contribution in [1.29, 1.82) is 0 Å². The van der Waals surface area contributed by atoms with Crippen molar-refractivity contribution in [2.45, 2.75) is 6.42 Å². The van der Waals surface area contributed by atoms with Gasteiger partial charge in [0.25, 0.3) is 0 Å². The molecule has 0 aliphatic heterocycles. The van der Waals surface area contributed by atoms with Gasteiger partial charge < -0.3 is 9.97 Å². The van der Waals surface area contributed by atoms with E-state index in [1.165, 1.54) is 5.56 Å². The normalized spacial score (nSPS) is 11.0. The molecule has 0 aliphatic rings. The van der Waals surface area contributed by atoms with Crippen molar-refractivity contribution in [3.8, 4) is 11.1 Å². The van der Waals surface area contributed by atoms with Crippen LogP contribution in [0.5, 0.6) is 0 Å². The minimum Gasteiger partial charge on any atom is -0.306 e. The third-order valence-corrected chi connectivity index (χ3v) is 4.35. The minimum atomic E-state index is -0.195. The highest BCUT2D eigenvalue weighted by atomic mass is 35.5. The zero-order chi connectivity index (χ0) is 16.5. The van der Waals surface area contributed by atoms with E-state index in [9.17, 15) is 4.79 Å². The SMILES string of the molecule is O=c1[nH]c2cc(Cc3ccccc3)c(-c3cccc(Cl)c3)cc2[nH]1. The van der Waals surface area contributed by atoms with Gasteiger partial charge in [0.05, 0.1) is 11.0 Å². The number of imidazole rings is 1. The average molecular weight is 335 g/mol. The lowest BCUT2D eigenvalue weighted by Crippen LogP contribution is -1.99. The smallest absolute Gasteiger partial charge is 0.306 e. The van der Waals surface area contributed by atoms with E-state index in [-0.39, 0.29) is 5.69 Å². The van der Waals surface area contributed by atoms with Crippen LogP contribution < -0.4 is 5.69 Å². The number of halogens is 1. The fourth-order valence-electron chi connectivity index (χ4n) is 3.01. The first-order chi connectivity index (χ1) is 11.7. The molecule has 0 radical (unpaired) electrons. The van der Waals surface area contributed by atoms with Crippen LogP contribution in [-0.4, -0.2) is 9.97 Å². The first-order valence-corrected chi connectivity index (χ1v) is 8.11. The molecule has 0 amide bonds. The molecule has 0 atom stereocenters. The molecule has 0 fully saturated rings. The van der Waals surface area contributed by atoms with E-state index >= 15 is 0 Å². The second kappa shape index (κ2) is 6.02. The summed E-state index contributed by atoms with van der Waals surface area (Å²) in [7, 11) is 0. The maximum atomic E-state index is 11.6. The van der Waals surface area contributed by atoms with Gasteiger partial charge in [-0.05, 0) is 52.9 Å². The lowest BCUT2D eigenvalue weighted by molar-refractivity contribution is 1.20. The van der Waals surface area contributed by atoms with Crippen LogP contribution >= 0.6 is 11.6 Å². The Hall–Kier alpha value is -2.78. The highest BCUT2D eigenvalue weighted by Crippen LogP contribution is 2.30. The van der Waals surface area contributed by atoms with Gasteiger partial charge in [0, 0.05) is 5.02 Å². The fourth-order valence-corrected chi connectivity index (χ4v) is 3.20. The molecule has 4 aromatic rings. The van der Waals surface area contributed by atoms with Gasteiger partial charge in [-0.25, -0.2) is 4.79 Å². The highest BCUT2D eigenvalue weighted by Gasteiger charge is 2.10. The lowest BCUT2D eigenvalue weighted by atomic mass is 9.94. The summed E-state index contributed by atoms with van der Waals surface area (Å²) in [6, 6.07) is 22.1. The van der Waals surface area contributed by atoms with Gasteiger partial charge in [-0.15, -0.1) is 0 Å². The van der Waals surface area contributed by atoms with Crippen LogP contribution in [0.3, 0.4) is 0 Å². The van der Waals surface area contributed by atoms with E-state index in [0.29, 0.717) is 5.02 Å². The number of hydrogen-bond donors (Lipinski definition) is 2. The zero-order valence-corrected chi connectivity index (χ0v) is 13.6. The predicted octanol–water partition coefficient (Wildman–Crippen LogP) is 4.77. The molecule has 0 saturated heterocycles. The molecule has 3 nitrogen and oxygen atoms in total. The molecule has 1 aromatic heterocycles. The maximum Gasteiger partial charge on any atom is 0.323 e. The summed E-state index contributed by atoms with van der Waals surface area (Å²) in [4.78, 5) is 17.3. The van der Waals surface area contributed by atoms with Gasteiger partial charge in [0.2, 0.25) is 0 Å². The summed E-state index contributed by atoms with van der Waals surface area (Å²) in [6.45, 7) is 0. The largest absolute Gasteiger partial charge is 0.323 e. The van der Waals surface area contributed by atoms with Crippen LogP contribution in [0, 0.1) is 0 Å². The summed E-state index contributed by atoms with van der Waals surface area (Å²) in [5, 5.41) is 0.695. The van der Waals surface area contributed by atoms with Gasteiger partial charge in [0.15, 0.2) is 0 Å². The Morgan fingerprint density at radius 1 is 0.833 bits per heavy atom. The van der Waals surface area contributed by atoms with Crippen molar-refractivity contribution < 1.29 is 0 Å². The molecule has 0 spiro atoms. The molecule has 2 N–H and O–H groups in total. The number of aromatic amines is 2. The number of hydrogen-bond acceptors (Lipinski definition) is 1. The van der Waals surface area contributed by atoms with E-state index in [2.05, 4.69) is 22.1 Å². The first-order valence-electron chi connectivity index (χ1n) is 7.74. The quantitative estimate of drug-likeness (QED) is 0.557. The molecule has 0 aliphatic carbocycles. The van der Waals surface area contributed by atoms with E-state index in [1.807, 2.05) is 54.6 Å². The summed E-state index contributed by atoms with van der Waals surface area (Å²) >= 11 is 6.17. The Bertz CT molecular complexity index is 1060. The van der Waals surface area contributed by atoms with E-state index in [1.54, 1.807) is 0 Å². The third kappa shape index (κ3) is 2.86. The van der Waals surface area contributed by atoms with Crippen molar-refractivity contribution in [3.63, 3.8) is 0 Å².